The summed E-state index contributed by atoms with van der Waals surface area (Å²) in [7, 11) is 1.75. The van der Waals surface area contributed by atoms with Gasteiger partial charge in [0.1, 0.15) is 5.82 Å². The number of fused-ring (bicyclic) bond motifs is 1. The van der Waals surface area contributed by atoms with Crippen molar-refractivity contribution in [2.75, 3.05) is 20.1 Å². The summed E-state index contributed by atoms with van der Waals surface area (Å²) in [5.41, 5.74) is 0.00975. The Kier molecular flexibility index (Phi) is 3.49. The number of urea groups is 1. The second kappa shape index (κ2) is 5.18. The van der Waals surface area contributed by atoms with E-state index in [9.17, 15) is 14.0 Å². The Labute approximate surface area is 126 Å². The zero-order valence-corrected chi connectivity index (χ0v) is 12.2. The fourth-order valence-electron chi connectivity index (χ4n) is 2.97. The first-order valence-corrected chi connectivity index (χ1v) is 7.13. The minimum atomic E-state index is -0.623. The van der Waals surface area contributed by atoms with Crippen molar-refractivity contribution < 1.29 is 14.0 Å². The Morgan fingerprint density at radius 3 is 2.95 bits per heavy atom. The third kappa shape index (κ3) is 2.44. The zero-order valence-electron chi connectivity index (χ0n) is 11.5. The normalized spacial score (nSPS) is 24.8. The molecule has 1 aromatic rings. The Morgan fingerprint density at radius 1 is 1.48 bits per heavy atom. The minimum Gasteiger partial charge on any atom is -0.336 e. The van der Waals surface area contributed by atoms with Crippen molar-refractivity contribution in [3.63, 3.8) is 0 Å². The van der Waals surface area contributed by atoms with Gasteiger partial charge in [0.2, 0.25) is 0 Å². The van der Waals surface area contributed by atoms with Crippen LogP contribution in [0.4, 0.5) is 9.18 Å². The van der Waals surface area contributed by atoms with Crippen molar-refractivity contribution in [1.82, 2.24) is 15.1 Å². The summed E-state index contributed by atoms with van der Waals surface area (Å²) in [4.78, 5) is 27.3. The van der Waals surface area contributed by atoms with E-state index in [-0.39, 0.29) is 34.6 Å². The summed E-state index contributed by atoms with van der Waals surface area (Å²) < 4.78 is 13.8. The van der Waals surface area contributed by atoms with Gasteiger partial charge in [-0.1, -0.05) is 11.6 Å². The van der Waals surface area contributed by atoms with Crippen LogP contribution in [0.3, 0.4) is 0 Å². The van der Waals surface area contributed by atoms with Gasteiger partial charge >= 0.3 is 6.03 Å². The summed E-state index contributed by atoms with van der Waals surface area (Å²) in [5.74, 6) is -0.992. The van der Waals surface area contributed by atoms with Crippen LogP contribution in [0.5, 0.6) is 0 Å². The first-order chi connectivity index (χ1) is 9.97. The number of hydrogen-bond donors (Lipinski definition) is 1. The molecule has 0 aliphatic carbocycles. The molecule has 0 aromatic heterocycles. The maximum Gasteiger partial charge on any atom is 0.317 e. The predicted molar refractivity (Wildman–Crippen MR) is 75.8 cm³/mol. The molecule has 1 N–H and O–H groups in total. The number of carbonyl (C=O) groups excluding carboxylic acids is 2. The molecule has 0 spiro atoms. The van der Waals surface area contributed by atoms with Gasteiger partial charge in [-0.05, 0) is 24.6 Å². The number of likely N-dealkylation sites (tertiary alicyclic amines) is 1. The quantitative estimate of drug-likeness (QED) is 0.858. The highest BCUT2D eigenvalue weighted by atomic mass is 35.5. The third-order valence-corrected chi connectivity index (χ3v) is 4.39. The number of carbonyl (C=O) groups is 2. The number of halogens is 2. The molecule has 0 bridgehead atoms. The van der Waals surface area contributed by atoms with Gasteiger partial charge in [0.15, 0.2) is 0 Å². The molecular formula is C14H15ClFN3O2. The molecule has 0 unspecified atom stereocenters. The molecule has 1 aromatic carbocycles. The zero-order chi connectivity index (χ0) is 15.1. The molecule has 2 aliphatic rings. The molecule has 21 heavy (non-hydrogen) atoms. The van der Waals surface area contributed by atoms with Crippen LogP contribution >= 0.6 is 11.6 Å². The summed E-state index contributed by atoms with van der Waals surface area (Å²) in [5, 5.41) is 3.10. The highest BCUT2D eigenvalue weighted by molar-refractivity contribution is 6.30. The van der Waals surface area contributed by atoms with Crippen molar-refractivity contribution in [3.8, 4) is 0 Å². The molecule has 2 atom stereocenters. The van der Waals surface area contributed by atoms with Crippen LogP contribution in [-0.2, 0) is 0 Å². The molecule has 7 heteroatoms. The maximum absolute atomic E-state index is 13.8. The third-order valence-electron chi connectivity index (χ3n) is 4.15. The van der Waals surface area contributed by atoms with Gasteiger partial charge in [0.05, 0.1) is 17.6 Å². The molecule has 3 rings (SSSR count). The minimum absolute atomic E-state index is 0.00975. The largest absolute Gasteiger partial charge is 0.336 e. The molecule has 5 nitrogen and oxygen atoms in total. The van der Waals surface area contributed by atoms with E-state index in [2.05, 4.69) is 5.32 Å². The lowest BCUT2D eigenvalue weighted by atomic mass is 9.99. The van der Waals surface area contributed by atoms with Crippen molar-refractivity contribution in [3.05, 3.63) is 34.6 Å². The summed E-state index contributed by atoms with van der Waals surface area (Å²) in [6.07, 6.45) is 0.681. The summed E-state index contributed by atoms with van der Waals surface area (Å²) in [6, 6.07) is 3.89. The van der Waals surface area contributed by atoms with Crippen LogP contribution in [0, 0.1) is 5.82 Å². The molecule has 2 heterocycles. The Morgan fingerprint density at radius 2 is 2.24 bits per heavy atom. The Hall–Kier alpha value is -1.82. The number of piperidine rings is 1. The van der Waals surface area contributed by atoms with Gasteiger partial charge in [-0.25, -0.2) is 9.18 Å². The van der Waals surface area contributed by atoms with Crippen LogP contribution in [-0.4, -0.2) is 54.0 Å². The average molecular weight is 312 g/mol. The SMILES string of the molecule is CN1C(=O)N[C@@H]2CN(C(=O)c3ccc(Cl)cc3F)CC[C@@H]21. The van der Waals surface area contributed by atoms with Crippen molar-refractivity contribution in [1.29, 1.82) is 0 Å². The van der Waals surface area contributed by atoms with Crippen LogP contribution in [0.15, 0.2) is 18.2 Å². The number of rotatable bonds is 1. The number of likely N-dealkylation sites (N-methyl/N-ethyl adjacent to an activating group) is 1. The van der Waals surface area contributed by atoms with E-state index < -0.39 is 5.82 Å². The van der Waals surface area contributed by atoms with Gasteiger partial charge in [-0.15, -0.1) is 0 Å². The molecule has 2 saturated heterocycles. The fraction of sp³-hybridized carbons (Fsp3) is 0.429. The number of nitrogens with one attached hydrogen (secondary N) is 1. The summed E-state index contributed by atoms with van der Waals surface area (Å²) >= 11 is 5.69. The van der Waals surface area contributed by atoms with Gasteiger partial charge in [0, 0.05) is 25.2 Å². The second-order valence-electron chi connectivity index (χ2n) is 5.40. The molecule has 112 valence electrons. The second-order valence-corrected chi connectivity index (χ2v) is 5.83. The number of hydrogen-bond acceptors (Lipinski definition) is 2. The Bertz CT molecular complexity index is 610. The average Bonchev–Trinajstić information content (AvgIpc) is 2.73. The summed E-state index contributed by atoms with van der Waals surface area (Å²) in [6.45, 7) is 0.892. The van der Waals surface area contributed by atoms with Crippen LogP contribution < -0.4 is 5.32 Å². The molecule has 2 aliphatic heterocycles. The first kappa shape index (κ1) is 14.1. The van der Waals surface area contributed by atoms with Crippen molar-refractivity contribution in [2.24, 2.45) is 0 Å². The maximum atomic E-state index is 13.8. The predicted octanol–water partition coefficient (Wildman–Crippen LogP) is 1.72. The standard InChI is InChI=1S/C14H15ClFN3O2/c1-18-12-4-5-19(7-11(12)17-14(18)21)13(20)9-3-2-8(15)6-10(9)16/h2-3,6,11-12H,4-5,7H2,1H3,(H,17,21)/t11-,12+/m1/s1. The van der Waals surface area contributed by atoms with E-state index in [1.54, 1.807) is 16.8 Å². The molecule has 3 amide bonds. The van der Waals surface area contributed by atoms with Crippen LogP contribution in [0.2, 0.25) is 5.02 Å². The fourth-order valence-corrected chi connectivity index (χ4v) is 3.13. The first-order valence-electron chi connectivity index (χ1n) is 6.75. The highest BCUT2D eigenvalue weighted by Gasteiger charge is 2.41. The van der Waals surface area contributed by atoms with Crippen LogP contribution in [0.25, 0.3) is 0 Å². The lowest BCUT2D eigenvalue weighted by Gasteiger charge is -2.35. The number of nitrogens with zero attached hydrogens (tertiary/aromatic N) is 2. The number of benzene rings is 1. The Balaban J connectivity index is 1.76. The molecule has 0 radical (unpaired) electrons. The molecule has 2 fully saturated rings. The van der Waals surface area contributed by atoms with E-state index in [1.165, 1.54) is 12.1 Å². The van der Waals surface area contributed by atoms with E-state index in [1.807, 2.05) is 0 Å². The molecule has 0 saturated carbocycles. The van der Waals surface area contributed by atoms with Gasteiger partial charge < -0.3 is 15.1 Å². The van der Waals surface area contributed by atoms with Gasteiger partial charge in [0.25, 0.3) is 5.91 Å². The van der Waals surface area contributed by atoms with E-state index in [4.69, 9.17) is 11.6 Å². The van der Waals surface area contributed by atoms with E-state index >= 15 is 0 Å². The van der Waals surface area contributed by atoms with Crippen molar-refractivity contribution in [2.45, 2.75) is 18.5 Å². The van der Waals surface area contributed by atoms with Crippen molar-refractivity contribution >= 4 is 23.5 Å². The van der Waals surface area contributed by atoms with Crippen LogP contribution in [0.1, 0.15) is 16.8 Å². The smallest absolute Gasteiger partial charge is 0.317 e. The topological polar surface area (TPSA) is 52.7 Å². The van der Waals surface area contributed by atoms with E-state index in [0.717, 1.165) is 6.07 Å². The van der Waals surface area contributed by atoms with Gasteiger partial charge in [-0.2, -0.15) is 0 Å². The van der Waals surface area contributed by atoms with E-state index in [0.29, 0.717) is 19.5 Å². The molecular weight excluding hydrogens is 297 g/mol. The lowest BCUT2D eigenvalue weighted by molar-refractivity contribution is 0.0661. The highest BCUT2D eigenvalue weighted by Crippen LogP contribution is 2.23. The monoisotopic (exact) mass is 311 g/mol. The number of amides is 3. The lowest BCUT2D eigenvalue weighted by Crippen LogP contribution is -2.52. The van der Waals surface area contributed by atoms with Gasteiger partial charge in [-0.3, -0.25) is 4.79 Å².